The van der Waals surface area contributed by atoms with Gasteiger partial charge in [0.2, 0.25) is 5.89 Å². The summed E-state index contributed by atoms with van der Waals surface area (Å²) in [7, 11) is 0. The third-order valence-corrected chi connectivity index (χ3v) is 2.88. The number of aromatic nitrogens is 1. The second-order valence-corrected chi connectivity index (χ2v) is 4.43. The van der Waals surface area contributed by atoms with Crippen molar-refractivity contribution in [3.8, 4) is 11.5 Å². The molecule has 0 spiro atoms. The summed E-state index contributed by atoms with van der Waals surface area (Å²) in [5.41, 5.74) is 7.32. The number of rotatable bonds is 7. The Kier molecular flexibility index (Phi) is 5.34. The Morgan fingerprint density at radius 2 is 2.24 bits per heavy atom. The number of carbonyl (C=O) groups is 1. The number of amides is 1. The number of nitrogen functional groups attached to an aromatic ring is 1. The molecular formula is C15H19N3O3. The molecule has 1 heterocycles. The first-order chi connectivity index (χ1) is 10.2. The monoisotopic (exact) mass is 289 g/mol. The number of hydrogen-bond donors (Lipinski definition) is 2. The van der Waals surface area contributed by atoms with Crippen molar-refractivity contribution in [2.45, 2.75) is 13.3 Å². The van der Waals surface area contributed by atoms with Crippen LogP contribution in [-0.2, 0) is 4.74 Å². The highest BCUT2D eigenvalue weighted by molar-refractivity contribution is 5.92. The van der Waals surface area contributed by atoms with Crippen molar-refractivity contribution < 1.29 is 13.9 Å². The molecular weight excluding hydrogens is 270 g/mol. The molecule has 0 saturated heterocycles. The zero-order chi connectivity index (χ0) is 15.1. The van der Waals surface area contributed by atoms with Gasteiger partial charge in [-0.1, -0.05) is 12.1 Å². The van der Waals surface area contributed by atoms with Gasteiger partial charge in [0, 0.05) is 25.4 Å². The summed E-state index contributed by atoms with van der Waals surface area (Å²) in [6.07, 6.45) is 2.09. The first-order valence-corrected chi connectivity index (χ1v) is 6.88. The molecule has 3 N–H and O–H groups in total. The maximum Gasteiger partial charge on any atom is 0.273 e. The molecule has 0 unspecified atom stereocenters. The molecule has 21 heavy (non-hydrogen) atoms. The molecule has 1 aromatic carbocycles. The van der Waals surface area contributed by atoms with E-state index in [0.29, 0.717) is 36.9 Å². The fraction of sp³-hybridized carbons (Fsp3) is 0.333. The van der Waals surface area contributed by atoms with Gasteiger partial charge in [-0.05, 0) is 25.5 Å². The zero-order valence-corrected chi connectivity index (χ0v) is 12.0. The van der Waals surface area contributed by atoms with Crippen LogP contribution < -0.4 is 11.1 Å². The van der Waals surface area contributed by atoms with Crippen molar-refractivity contribution in [2.75, 3.05) is 25.5 Å². The molecule has 1 amide bonds. The third-order valence-electron chi connectivity index (χ3n) is 2.88. The van der Waals surface area contributed by atoms with Gasteiger partial charge in [-0.3, -0.25) is 4.79 Å². The van der Waals surface area contributed by atoms with E-state index in [-0.39, 0.29) is 11.6 Å². The molecule has 2 aromatic rings. The molecule has 0 fully saturated rings. The Hall–Kier alpha value is -2.34. The van der Waals surface area contributed by atoms with Crippen LogP contribution in [0.15, 0.2) is 34.9 Å². The third kappa shape index (κ3) is 4.06. The number of nitrogens with two attached hydrogens (primary N) is 1. The van der Waals surface area contributed by atoms with Crippen LogP contribution in [0, 0.1) is 0 Å². The van der Waals surface area contributed by atoms with E-state index >= 15 is 0 Å². The molecule has 6 heteroatoms. The van der Waals surface area contributed by atoms with Gasteiger partial charge in [0.15, 0.2) is 5.69 Å². The molecule has 0 aliphatic rings. The summed E-state index contributed by atoms with van der Waals surface area (Å²) in [6, 6.07) is 7.22. The van der Waals surface area contributed by atoms with Gasteiger partial charge >= 0.3 is 0 Å². The lowest BCUT2D eigenvalue weighted by Gasteiger charge is -2.02. The van der Waals surface area contributed by atoms with E-state index in [9.17, 15) is 4.79 Å². The molecule has 0 bridgehead atoms. The number of ether oxygens (including phenoxy) is 1. The van der Waals surface area contributed by atoms with E-state index in [0.717, 1.165) is 6.42 Å². The molecule has 0 aliphatic heterocycles. The zero-order valence-electron chi connectivity index (χ0n) is 12.0. The summed E-state index contributed by atoms with van der Waals surface area (Å²) < 4.78 is 10.5. The quantitative estimate of drug-likeness (QED) is 0.601. The van der Waals surface area contributed by atoms with Gasteiger partial charge in [-0.15, -0.1) is 0 Å². The van der Waals surface area contributed by atoms with E-state index in [1.165, 1.54) is 6.26 Å². The minimum absolute atomic E-state index is 0.240. The number of nitrogens with zero attached hydrogens (tertiary/aromatic N) is 1. The van der Waals surface area contributed by atoms with Gasteiger partial charge in [-0.2, -0.15) is 0 Å². The van der Waals surface area contributed by atoms with Crippen LogP contribution in [-0.4, -0.2) is 30.6 Å². The number of oxazole rings is 1. The number of benzene rings is 1. The standard InChI is InChI=1S/C15H19N3O3/c1-2-20-9-5-8-17-14(19)13-10-21-15(18-13)11-6-3-4-7-12(11)16/h3-4,6-7,10H,2,5,8-9,16H2,1H3,(H,17,19). The average molecular weight is 289 g/mol. The van der Waals surface area contributed by atoms with Crippen LogP contribution in [0.3, 0.4) is 0 Å². The number of nitrogens with one attached hydrogen (secondary N) is 1. The van der Waals surface area contributed by atoms with Crippen LogP contribution in [0.1, 0.15) is 23.8 Å². The summed E-state index contributed by atoms with van der Waals surface area (Å²) in [4.78, 5) is 16.1. The molecule has 112 valence electrons. The van der Waals surface area contributed by atoms with Crippen molar-refractivity contribution >= 4 is 11.6 Å². The minimum atomic E-state index is -0.268. The van der Waals surface area contributed by atoms with Gasteiger partial charge < -0.3 is 20.2 Å². The molecule has 0 aliphatic carbocycles. The molecule has 0 radical (unpaired) electrons. The van der Waals surface area contributed by atoms with Crippen LogP contribution in [0.5, 0.6) is 0 Å². The highest BCUT2D eigenvalue weighted by Gasteiger charge is 2.14. The first kappa shape index (κ1) is 15.1. The van der Waals surface area contributed by atoms with Crippen LogP contribution in [0.25, 0.3) is 11.5 Å². The van der Waals surface area contributed by atoms with E-state index in [1.807, 2.05) is 19.1 Å². The topological polar surface area (TPSA) is 90.4 Å². The normalized spacial score (nSPS) is 10.5. The Bertz CT molecular complexity index is 595. The Balaban J connectivity index is 1.94. The van der Waals surface area contributed by atoms with Crippen molar-refractivity contribution in [2.24, 2.45) is 0 Å². The second-order valence-electron chi connectivity index (χ2n) is 4.43. The summed E-state index contributed by atoms with van der Waals surface area (Å²) in [5, 5.41) is 2.76. The lowest BCUT2D eigenvalue weighted by atomic mass is 10.2. The van der Waals surface area contributed by atoms with E-state index in [4.69, 9.17) is 14.9 Å². The van der Waals surface area contributed by atoms with Crippen LogP contribution in [0.4, 0.5) is 5.69 Å². The maximum atomic E-state index is 11.9. The van der Waals surface area contributed by atoms with Crippen molar-refractivity contribution in [1.29, 1.82) is 0 Å². The largest absolute Gasteiger partial charge is 0.444 e. The number of anilines is 1. The first-order valence-electron chi connectivity index (χ1n) is 6.88. The Morgan fingerprint density at radius 3 is 3.00 bits per heavy atom. The number of para-hydroxylation sites is 1. The number of hydrogen-bond acceptors (Lipinski definition) is 5. The van der Waals surface area contributed by atoms with E-state index in [1.54, 1.807) is 12.1 Å². The molecule has 0 saturated carbocycles. The lowest BCUT2D eigenvalue weighted by Crippen LogP contribution is -2.25. The molecule has 6 nitrogen and oxygen atoms in total. The smallest absolute Gasteiger partial charge is 0.273 e. The summed E-state index contributed by atoms with van der Waals surface area (Å²) >= 11 is 0. The van der Waals surface area contributed by atoms with Crippen LogP contribution in [0.2, 0.25) is 0 Å². The van der Waals surface area contributed by atoms with Gasteiger partial charge in [0.1, 0.15) is 6.26 Å². The van der Waals surface area contributed by atoms with Crippen molar-refractivity contribution in [3.63, 3.8) is 0 Å². The lowest BCUT2D eigenvalue weighted by molar-refractivity contribution is 0.0939. The van der Waals surface area contributed by atoms with Gasteiger partial charge in [-0.25, -0.2) is 4.98 Å². The number of carbonyl (C=O) groups excluding carboxylic acids is 1. The maximum absolute atomic E-state index is 11.9. The molecule has 0 atom stereocenters. The van der Waals surface area contributed by atoms with Crippen molar-refractivity contribution in [1.82, 2.24) is 10.3 Å². The predicted molar refractivity (Wildman–Crippen MR) is 79.8 cm³/mol. The predicted octanol–water partition coefficient (Wildman–Crippen LogP) is 2.08. The highest BCUT2D eigenvalue weighted by atomic mass is 16.5. The fourth-order valence-electron chi connectivity index (χ4n) is 1.80. The average Bonchev–Trinajstić information content (AvgIpc) is 2.97. The molecule has 2 rings (SSSR count). The Labute approximate surface area is 123 Å². The van der Waals surface area contributed by atoms with E-state index < -0.39 is 0 Å². The summed E-state index contributed by atoms with van der Waals surface area (Å²) in [6.45, 7) is 3.78. The van der Waals surface area contributed by atoms with Gasteiger partial charge in [0.05, 0.1) is 5.56 Å². The summed E-state index contributed by atoms with van der Waals surface area (Å²) in [5.74, 6) is 0.0727. The minimum Gasteiger partial charge on any atom is -0.444 e. The SMILES string of the molecule is CCOCCCNC(=O)c1coc(-c2ccccc2N)n1. The fourth-order valence-corrected chi connectivity index (χ4v) is 1.80. The highest BCUT2D eigenvalue weighted by Crippen LogP contribution is 2.24. The Morgan fingerprint density at radius 1 is 1.43 bits per heavy atom. The van der Waals surface area contributed by atoms with Crippen molar-refractivity contribution in [3.05, 3.63) is 36.2 Å². The van der Waals surface area contributed by atoms with Gasteiger partial charge in [0.25, 0.3) is 5.91 Å². The van der Waals surface area contributed by atoms with Crippen LogP contribution >= 0.6 is 0 Å². The second kappa shape index (κ2) is 7.44. The van der Waals surface area contributed by atoms with E-state index in [2.05, 4.69) is 10.3 Å². The molecule has 1 aromatic heterocycles.